The molecule has 0 bridgehead atoms. The molecule has 2 aliphatic rings. The zero-order valence-electron chi connectivity index (χ0n) is 7.45. The fourth-order valence-corrected chi connectivity index (χ4v) is 1.62. The van der Waals surface area contributed by atoms with Crippen molar-refractivity contribution in [2.24, 2.45) is 11.1 Å². The molecule has 5 nitrogen and oxygen atoms in total. The van der Waals surface area contributed by atoms with Gasteiger partial charge in [0.2, 0.25) is 0 Å². The summed E-state index contributed by atoms with van der Waals surface area (Å²) >= 11 is 0. The van der Waals surface area contributed by atoms with Crippen molar-refractivity contribution in [1.29, 1.82) is 0 Å². The van der Waals surface area contributed by atoms with E-state index < -0.39 is 0 Å². The van der Waals surface area contributed by atoms with Crippen LogP contribution in [0.5, 0.6) is 0 Å². The first-order valence-electron chi connectivity index (χ1n) is 4.44. The molecule has 2 unspecified atom stereocenters. The van der Waals surface area contributed by atoms with Gasteiger partial charge in [0.15, 0.2) is 5.71 Å². The molecule has 0 radical (unpaired) electrons. The van der Waals surface area contributed by atoms with E-state index in [2.05, 4.69) is 10.5 Å². The zero-order valence-corrected chi connectivity index (χ0v) is 7.45. The Kier molecular flexibility index (Phi) is 2.18. The lowest BCUT2D eigenvalue weighted by atomic mass is 10.0. The van der Waals surface area contributed by atoms with E-state index in [0.717, 1.165) is 13.1 Å². The van der Waals surface area contributed by atoms with E-state index in [1.165, 1.54) is 0 Å². The average molecular weight is 184 g/mol. The van der Waals surface area contributed by atoms with Gasteiger partial charge in [0.1, 0.15) is 6.10 Å². The number of carbonyl (C=O) groups excluding carboxylic acids is 1. The lowest BCUT2D eigenvalue weighted by molar-refractivity contribution is -0.135. The minimum atomic E-state index is -0.348. The second kappa shape index (κ2) is 3.33. The molecule has 0 aromatic heterocycles. The highest BCUT2D eigenvalue weighted by Gasteiger charge is 2.41. The Labute approximate surface area is 76.1 Å². The van der Waals surface area contributed by atoms with Crippen LogP contribution < -0.4 is 5.32 Å². The fourth-order valence-electron chi connectivity index (χ4n) is 1.62. The molecule has 0 spiro atoms. The molecule has 0 saturated carbocycles. The van der Waals surface area contributed by atoms with E-state index in [9.17, 15) is 4.79 Å². The van der Waals surface area contributed by atoms with Crippen LogP contribution >= 0.6 is 0 Å². The molecule has 2 aliphatic heterocycles. The smallest absolute Gasteiger partial charge is 0.356 e. The van der Waals surface area contributed by atoms with Gasteiger partial charge in [0.25, 0.3) is 0 Å². The number of esters is 1. The highest BCUT2D eigenvalue weighted by Crippen LogP contribution is 2.22. The molecule has 72 valence electrons. The molecule has 2 atom stereocenters. The molecule has 0 aromatic carbocycles. The molecule has 13 heavy (non-hydrogen) atoms. The van der Waals surface area contributed by atoms with Crippen molar-refractivity contribution in [2.45, 2.75) is 13.0 Å². The monoisotopic (exact) mass is 184 g/mol. The van der Waals surface area contributed by atoms with Crippen LogP contribution in [0, 0.1) is 5.92 Å². The molecule has 0 aliphatic carbocycles. The maximum Gasteiger partial charge on any atom is 0.356 e. The molecular formula is C8H12N2O3. The van der Waals surface area contributed by atoms with Gasteiger partial charge in [-0.25, -0.2) is 4.79 Å². The number of hydrogen-bond donors (Lipinski definition) is 1. The molecule has 1 fully saturated rings. The molecule has 0 amide bonds. The topological polar surface area (TPSA) is 59.9 Å². The highest BCUT2D eigenvalue weighted by atomic mass is 16.6. The van der Waals surface area contributed by atoms with Crippen LogP contribution in [0.4, 0.5) is 0 Å². The van der Waals surface area contributed by atoms with Crippen molar-refractivity contribution in [2.75, 3.05) is 19.7 Å². The number of nitrogens with one attached hydrogen (secondary N) is 1. The Hall–Kier alpha value is -1.10. The second-order valence-electron chi connectivity index (χ2n) is 3.11. The summed E-state index contributed by atoms with van der Waals surface area (Å²) in [4.78, 5) is 16.4. The van der Waals surface area contributed by atoms with Crippen LogP contribution in [0.3, 0.4) is 0 Å². The van der Waals surface area contributed by atoms with Gasteiger partial charge in [0.05, 0.1) is 12.5 Å². The second-order valence-corrected chi connectivity index (χ2v) is 3.11. The Morgan fingerprint density at radius 3 is 3.38 bits per heavy atom. The summed E-state index contributed by atoms with van der Waals surface area (Å²) < 4.78 is 4.86. The van der Waals surface area contributed by atoms with Gasteiger partial charge < -0.3 is 14.9 Å². The summed E-state index contributed by atoms with van der Waals surface area (Å²) in [6, 6.07) is 0. The van der Waals surface area contributed by atoms with Gasteiger partial charge in [-0.15, -0.1) is 0 Å². The third-order valence-corrected chi connectivity index (χ3v) is 2.28. The fraction of sp³-hybridized carbons (Fsp3) is 0.750. The lowest BCUT2D eigenvalue weighted by Crippen LogP contribution is -2.28. The van der Waals surface area contributed by atoms with Crippen molar-refractivity contribution >= 4 is 11.7 Å². The van der Waals surface area contributed by atoms with Crippen LogP contribution in [0.15, 0.2) is 5.16 Å². The molecule has 5 heteroatoms. The van der Waals surface area contributed by atoms with Crippen LogP contribution in [-0.2, 0) is 14.4 Å². The van der Waals surface area contributed by atoms with Gasteiger partial charge in [-0.1, -0.05) is 5.16 Å². The summed E-state index contributed by atoms with van der Waals surface area (Å²) in [5.41, 5.74) is 0.428. The summed E-state index contributed by atoms with van der Waals surface area (Å²) in [5, 5.41) is 6.88. The number of carbonyl (C=O) groups is 1. The molecule has 2 heterocycles. The van der Waals surface area contributed by atoms with Gasteiger partial charge in [0, 0.05) is 13.1 Å². The Morgan fingerprint density at radius 1 is 1.77 bits per heavy atom. The third-order valence-electron chi connectivity index (χ3n) is 2.28. The first-order valence-corrected chi connectivity index (χ1v) is 4.44. The zero-order chi connectivity index (χ0) is 9.26. The highest BCUT2D eigenvalue weighted by molar-refractivity contribution is 6.37. The molecule has 1 saturated heterocycles. The maximum atomic E-state index is 11.3. The SMILES string of the molecule is CCOC(=O)C1=NOC2CNCC12. The number of oxime groups is 1. The van der Waals surface area contributed by atoms with Crippen LogP contribution in [0.2, 0.25) is 0 Å². The van der Waals surface area contributed by atoms with Crippen LogP contribution in [0.1, 0.15) is 6.92 Å². The number of rotatable bonds is 2. The largest absolute Gasteiger partial charge is 0.461 e. The summed E-state index contributed by atoms with van der Waals surface area (Å²) in [6.07, 6.45) is 0.0272. The molecule has 2 rings (SSSR count). The molecule has 1 N–H and O–H groups in total. The Bertz CT molecular complexity index is 252. The number of nitrogens with zero attached hydrogens (tertiary/aromatic N) is 1. The number of hydrogen-bond acceptors (Lipinski definition) is 5. The minimum Gasteiger partial charge on any atom is -0.461 e. The van der Waals surface area contributed by atoms with Gasteiger partial charge in [-0.05, 0) is 6.92 Å². The Balaban J connectivity index is 2.03. The number of fused-ring (bicyclic) bond motifs is 1. The van der Waals surface area contributed by atoms with Crippen LogP contribution in [-0.4, -0.2) is 37.5 Å². The Morgan fingerprint density at radius 2 is 2.62 bits per heavy atom. The minimum absolute atomic E-state index is 0.0272. The van der Waals surface area contributed by atoms with E-state index in [1.54, 1.807) is 6.92 Å². The van der Waals surface area contributed by atoms with E-state index in [0.29, 0.717) is 12.3 Å². The van der Waals surface area contributed by atoms with Gasteiger partial charge >= 0.3 is 5.97 Å². The number of ether oxygens (including phenoxy) is 1. The predicted molar refractivity (Wildman–Crippen MR) is 45.3 cm³/mol. The van der Waals surface area contributed by atoms with E-state index in [4.69, 9.17) is 9.57 Å². The molecule has 0 aromatic rings. The third kappa shape index (κ3) is 1.39. The van der Waals surface area contributed by atoms with Crippen molar-refractivity contribution in [3.63, 3.8) is 0 Å². The molecular weight excluding hydrogens is 172 g/mol. The summed E-state index contributed by atoms with van der Waals surface area (Å²) in [5.74, 6) is -0.266. The summed E-state index contributed by atoms with van der Waals surface area (Å²) in [7, 11) is 0. The predicted octanol–water partition coefficient (Wildman–Crippen LogP) is -0.476. The first kappa shape index (κ1) is 8.50. The summed E-state index contributed by atoms with van der Waals surface area (Å²) in [6.45, 7) is 3.67. The standard InChI is InChI=1S/C8H12N2O3/c1-2-12-8(11)7-5-3-9-4-6(5)13-10-7/h5-6,9H,2-4H2,1H3. The maximum absolute atomic E-state index is 11.3. The lowest BCUT2D eigenvalue weighted by Gasteiger charge is -2.06. The van der Waals surface area contributed by atoms with Crippen molar-refractivity contribution in [1.82, 2.24) is 5.32 Å². The van der Waals surface area contributed by atoms with Crippen molar-refractivity contribution < 1.29 is 14.4 Å². The van der Waals surface area contributed by atoms with Crippen molar-refractivity contribution in [3.05, 3.63) is 0 Å². The first-order chi connectivity index (χ1) is 6.33. The van der Waals surface area contributed by atoms with Gasteiger partial charge in [-0.3, -0.25) is 0 Å². The quantitative estimate of drug-likeness (QED) is 0.589. The van der Waals surface area contributed by atoms with E-state index in [1.807, 2.05) is 0 Å². The van der Waals surface area contributed by atoms with Crippen molar-refractivity contribution in [3.8, 4) is 0 Å². The van der Waals surface area contributed by atoms with E-state index in [-0.39, 0.29) is 18.0 Å². The normalized spacial score (nSPS) is 30.7. The van der Waals surface area contributed by atoms with Gasteiger partial charge in [-0.2, -0.15) is 0 Å². The average Bonchev–Trinajstić information content (AvgIpc) is 2.62. The van der Waals surface area contributed by atoms with Crippen LogP contribution in [0.25, 0.3) is 0 Å². The van der Waals surface area contributed by atoms with E-state index >= 15 is 0 Å².